The highest BCUT2D eigenvalue weighted by molar-refractivity contribution is 7.07. The summed E-state index contributed by atoms with van der Waals surface area (Å²) in [5, 5.41) is 9.07. The molecule has 1 atom stereocenters. The van der Waals surface area contributed by atoms with Crippen molar-refractivity contribution in [2.45, 2.75) is 19.9 Å². The molecule has 2 aromatic carbocycles. The number of nitrogens with zero attached hydrogens (tertiary/aromatic N) is 2. The Hall–Kier alpha value is -3.85. The lowest BCUT2D eigenvalue weighted by molar-refractivity contribution is -0.139. The Balaban J connectivity index is 1.90. The Morgan fingerprint density at radius 2 is 1.85 bits per heavy atom. The normalized spacial score (nSPS) is 15.7. The first-order valence-electron chi connectivity index (χ1n) is 10.1. The molecule has 2 heterocycles. The minimum absolute atomic E-state index is 0.139. The van der Waals surface area contributed by atoms with Gasteiger partial charge in [0.2, 0.25) is 0 Å². The van der Waals surface area contributed by atoms with E-state index in [2.05, 4.69) is 4.99 Å². The Kier molecular flexibility index (Phi) is 6.06. The Morgan fingerprint density at radius 3 is 2.45 bits per heavy atom. The lowest BCUT2D eigenvalue weighted by Crippen LogP contribution is -2.39. The van der Waals surface area contributed by atoms with Crippen molar-refractivity contribution in [1.82, 2.24) is 4.57 Å². The number of hydrogen-bond donors (Lipinski definition) is 1. The summed E-state index contributed by atoms with van der Waals surface area (Å²) in [6.07, 6.45) is 1.64. The summed E-state index contributed by atoms with van der Waals surface area (Å²) in [6.45, 7) is 3.51. The number of carbonyl (C=O) groups excluding carboxylic acids is 1. The maximum Gasteiger partial charge on any atom is 0.338 e. The number of carbonyl (C=O) groups is 2. The first-order valence-corrected chi connectivity index (χ1v) is 10.9. The molecule has 0 saturated heterocycles. The van der Waals surface area contributed by atoms with Crippen LogP contribution in [0, 0.1) is 5.82 Å². The predicted octanol–water partition coefficient (Wildman–Crippen LogP) is 2.64. The van der Waals surface area contributed by atoms with Gasteiger partial charge in [-0.05, 0) is 55.3 Å². The topological polar surface area (TPSA) is 98.0 Å². The van der Waals surface area contributed by atoms with Gasteiger partial charge in [0.25, 0.3) is 5.56 Å². The van der Waals surface area contributed by atoms with Gasteiger partial charge in [0.15, 0.2) is 4.80 Å². The summed E-state index contributed by atoms with van der Waals surface area (Å²) >= 11 is 1.15. The molecule has 0 radical (unpaired) electrons. The molecule has 1 aromatic heterocycles. The number of thiazole rings is 1. The highest BCUT2D eigenvalue weighted by Gasteiger charge is 2.33. The fraction of sp³-hybridized carbons (Fsp3) is 0.167. The third-order valence-corrected chi connectivity index (χ3v) is 6.14. The Labute approximate surface area is 191 Å². The second kappa shape index (κ2) is 8.95. The second-order valence-corrected chi connectivity index (χ2v) is 8.29. The molecule has 0 saturated carbocycles. The van der Waals surface area contributed by atoms with Crippen LogP contribution in [0.4, 0.5) is 4.39 Å². The average Bonchev–Trinajstić information content (AvgIpc) is 3.08. The van der Waals surface area contributed by atoms with Crippen LogP contribution in [-0.4, -0.2) is 28.2 Å². The quantitative estimate of drug-likeness (QED) is 0.583. The molecule has 33 heavy (non-hydrogen) atoms. The van der Waals surface area contributed by atoms with E-state index in [9.17, 15) is 18.8 Å². The number of hydrogen-bond acceptors (Lipinski definition) is 6. The summed E-state index contributed by atoms with van der Waals surface area (Å²) in [7, 11) is 0. The molecule has 9 heteroatoms. The van der Waals surface area contributed by atoms with Crippen LogP contribution in [0.1, 0.15) is 41.4 Å². The second-order valence-electron chi connectivity index (χ2n) is 7.28. The molecule has 0 aliphatic carbocycles. The molecule has 1 unspecified atom stereocenters. The van der Waals surface area contributed by atoms with Gasteiger partial charge in [-0.2, -0.15) is 0 Å². The molecule has 168 valence electrons. The van der Waals surface area contributed by atoms with Crippen LogP contribution in [-0.2, 0) is 9.53 Å². The minimum atomic E-state index is -1.04. The Morgan fingerprint density at radius 1 is 1.18 bits per heavy atom. The third-order valence-electron chi connectivity index (χ3n) is 5.16. The van der Waals surface area contributed by atoms with E-state index in [1.54, 1.807) is 32.1 Å². The van der Waals surface area contributed by atoms with Gasteiger partial charge in [-0.15, -0.1) is 0 Å². The number of aromatic carboxylic acids is 1. The van der Waals surface area contributed by atoms with Gasteiger partial charge in [0.1, 0.15) is 5.82 Å². The first kappa shape index (κ1) is 22.3. The molecule has 0 spiro atoms. The monoisotopic (exact) mass is 466 g/mol. The zero-order chi connectivity index (χ0) is 23.7. The number of halogens is 1. The standard InChI is InChI=1S/C24H19FN2O5S/c1-3-32-23(31)19-13(2)26-24-27(20(19)15-8-10-17(25)11-9-15)21(28)18(33-24)12-14-4-6-16(7-5-14)22(29)30/h4-12,20H,3H2,1-2H3,(H,29,30)/b18-12+. The number of carboxylic acid groups (broad SMARTS) is 1. The smallest absolute Gasteiger partial charge is 0.338 e. The van der Waals surface area contributed by atoms with Crippen molar-refractivity contribution in [2.75, 3.05) is 6.61 Å². The van der Waals surface area contributed by atoms with Gasteiger partial charge in [0, 0.05) is 0 Å². The van der Waals surface area contributed by atoms with Crippen LogP contribution in [0.3, 0.4) is 0 Å². The van der Waals surface area contributed by atoms with Crippen LogP contribution in [0.15, 0.2) is 69.6 Å². The minimum Gasteiger partial charge on any atom is -0.478 e. The number of rotatable bonds is 5. The van der Waals surface area contributed by atoms with Crippen molar-refractivity contribution >= 4 is 29.4 Å². The van der Waals surface area contributed by atoms with Crippen molar-refractivity contribution in [3.63, 3.8) is 0 Å². The average molecular weight is 466 g/mol. The summed E-state index contributed by atoms with van der Waals surface area (Å²) in [5.74, 6) is -2.07. The van der Waals surface area contributed by atoms with Crippen molar-refractivity contribution in [2.24, 2.45) is 4.99 Å². The van der Waals surface area contributed by atoms with E-state index in [1.807, 2.05) is 0 Å². The van der Waals surface area contributed by atoms with Crippen molar-refractivity contribution in [1.29, 1.82) is 0 Å². The van der Waals surface area contributed by atoms with Crippen molar-refractivity contribution in [3.8, 4) is 0 Å². The van der Waals surface area contributed by atoms with E-state index >= 15 is 0 Å². The molecule has 4 rings (SSSR count). The number of ether oxygens (including phenoxy) is 1. The van der Waals surface area contributed by atoms with E-state index < -0.39 is 23.8 Å². The lowest BCUT2D eigenvalue weighted by atomic mass is 9.96. The van der Waals surface area contributed by atoms with Gasteiger partial charge in [-0.1, -0.05) is 35.6 Å². The number of allylic oxidation sites excluding steroid dienone is 1. The fourth-order valence-corrected chi connectivity index (χ4v) is 4.67. The predicted molar refractivity (Wildman–Crippen MR) is 120 cm³/mol. The van der Waals surface area contributed by atoms with Crippen LogP contribution in [0.5, 0.6) is 0 Å². The molecule has 1 aliphatic heterocycles. The van der Waals surface area contributed by atoms with E-state index in [1.165, 1.54) is 41.0 Å². The summed E-state index contributed by atoms with van der Waals surface area (Å²) in [6, 6.07) is 10.9. The van der Waals surface area contributed by atoms with E-state index in [4.69, 9.17) is 9.84 Å². The molecular weight excluding hydrogens is 447 g/mol. The summed E-state index contributed by atoms with van der Waals surface area (Å²) in [4.78, 5) is 42.1. The maximum absolute atomic E-state index is 13.6. The van der Waals surface area contributed by atoms with Crippen LogP contribution >= 0.6 is 11.3 Å². The summed E-state index contributed by atoms with van der Waals surface area (Å²) in [5.41, 5.74) is 1.59. The number of aromatic nitrogens is 1. The summed E-state index contributed by atoms with van der Waals surface area (Å²) < 4.78 is 20.6. The SMILES string of the molecule is CCOC(=O)C1=C(C)N=c2s/c(=C/c3ccc(C(=O)O)cc3)c(=O)n2C1c1ccc(F)cc1. The van der Waals surface area contributed by atoms with Gasteiger partial charge < -0.3 is 9.84 Å². The molecule has 1 aliphatic rings. The van der Waals surface area contributed by atoms with Crippen LogP contribution in [0.25, 0.3) is 6.08 Å². The maximum atomic E-state index is 13.6. The highest BCUT2D eigenvalue weighted by atomic mass is 32.1. The van der Waals surface area contributed by atoms with Gasteiger partial charge in [-0.25, -0.2) is 19.0 Å². The molecular formula is C24H19FN2O5S. The Bertz CT molecular complexity index is 1450. The van der Waals surface area contributed by atoms with Crippen LogP contribution in [0.2, 0.25) is 0 Å². The van der Waals surface area contributed by atoms with Crippen molar-refractivity contribution in [3.05, 3.63) is 102 Å². The van der Waals surface area contributed by atoms with Gasteiger partial charge in [-0.3, -0.25) is 9.36 Å². The molecule has 0 bridgehead atoms. The third kappa shape index (κ3) is 4.27. The van der Waals surface area contributed by atoms with Crippen LogP contribution < -0.4 is 14.9 Å². The number of benzene rings is 2. The zero-order valence-corrected chi connectivity index (χ0v) is 18.6. The van der Waals surface area contributed by atoms with E-state index in [0.29, 0.717) is 26.2 Å². The molecule has 3 aromatic rings. The molecule has 0 amide bonds. The molecule has 0 fully saturated rings. The number of carboxylic acids is 1. The fourth-order valence-electron chi connectivity index (χ4n) is 3.63. The van der Waals surface area contributed by atoms with E-state index in [0.717, 1.165) is 11.3 Å². The van der Waals surface area contributed by atoms with Crippen molar-refractivity contribution < 1.29 is 23.8 Å². The zero-order valence-electron chi connectivity index (χ0n) is 17.7. The molecule has 7 nitrogen and oxygen atoms in total. The number of fused-ring (bicyclic) bond motifs is 1. The highest BCUT2D eigenvalue weighted by Crippen LogP contribution is 2.30. The largest absolute Gasteiger partial charge is 0.478 e. The lowest BCUT2D eigenvalue weighted by Gasteiger charge is -2.24. The van der Waals surface area contributed by atoms with Gasteiger partial charge >= 0.3 is 11.9 Å². The van der Waals surface area contributed by atoms with E-state index in [-0.39, 0.29) is 23.3 Å². The molecule has 1 N–H and O–H groups in total. The van der Waals surface area contributed by atoms with Gasteiger partial charge in [0.05, 0.1) is 34.0 Å². The number of esters is 1. The first-order chi connectivity index (χ1) is 15.8.